The molecule has 31 heavy (non-hydrogen) atoms. The summed E-state index contributed by atoms with van der Waals surface area (Å²) in [6.07, 6.45) is 5.28. The lowest BCUT2D eigenvalue weighted by Gasteiger charge is -2.30. The molecule has 168 valence electrons. The van der Waals surface area contributed by atoms with E-state index in [1.54, 1.807) is 0 Å². The van der Waals surface area contributed by atoms with E-state index < -0.39 is 11.5 Å². The second-order valence-electron chi connectivity index (χ2n) is 10.3. The minimum Gasteiger partial charge on any atom is -0.395 e. The van der Waals surface area contributed by atoms with Gasteiger partial charge in [0.1, 0.15) is 6.04 Å². The zero-order chi connectivity index (χ0) is 22.2. The SMILES string of the molecule is CC(C)(C)C(NC(=O)c1nn(CC2CC3CCC2C3)c2ccccc12)C(=O)NCCO. The molecule has 0 radical (unpaired) electrons. The number of para-hydroxylation sites is 1. The molecule has 2 aliphatic carbocycles. The summed E-state index contributed by atoms with van der Waals surface area (Å²) < 4.78 is 1.99. The molecule has 0 saturated heterocycles. The standard InChI is InChI=1S/C24H34N4O3/c1-24(2,3)21(23(31)25-10-11-29)26-22(30)20-18-6-4-5-7-19(18)28(27-20)14-17-13-15-8-9-16(17)12-15/h4-7,15-17,21,29H,8-14H2,1-3H3,(H,25,31)(H,26,30). The molecule has 7 nitrogen and oxygen atoms in total. The lowest BCUT2D eigenvalue weighted by molar-refractivity contribution is -0.125. The first-order chi connectivity index (χ1) is 14.8. The lowest BCUT2D eigenvalue weighted by atomic mass is 9.86. The molecule has 2 bridgehead atoms. The average molecular weight is 427 g/mol. The highest BCUT2D eigenvalue weighted by molar-refractivity contribution is 6.06. The summed E-state index contributed by atoms with van der Waals surface area (Å²) in [4.78, 5) is 25.9. The maximum atomic E-state index is 13.3. The molecule has 1 heterocycles. The molecule has 7 heteroatoms. The summed E-state index contributed by atoms with van der Waals surface area (Å²) >= 11 is 0. The van der Waals surface area contributed by atoms with Crippen molar-refractivity contribution in [1.29, 1.82) is 0 Å². The van der Waals surface area contributed by atoms with Crippen LogP contribution in [0.4, 0.5) is 0 Å². The van der Waals surface area contributed by atoms with E-state index in [-0.39, 0.29) is 25.0 Å². The molecule has 2 fully saturated rings. The Morgan fingerprint density at radius 3 is 2.65 bits per heavy atom. The van der Waals surface area contributed by atoms with Crippen molar-refractivity contribution in [3.8, 4) is 0 Å². The van der Waals surface area contributed by atoms with E-state index in [9.17, 15) is 9.59 Å². The van der Waals surface area contributed by atoms with E-state index in [1.165, 1.54) is 25.7 Å². The van der Waals surface area contributed by atoms with Gasteiger partial charge in [0.15, 0.2) is 5.69 Å². The average Bonchev–Trinajstić information content (AvgIpc) is 3.44. The molecular weight excluding hydrogens is 392 g/mol. The van der Waals surface area contributed by atoms with Crippen molar-refractivity contribution < 1.29 is 14.7 Å². The molecule has 2 saturated carbocycles. The highest BCUT2D eigenvalue weighted by atomic mass is 16.3. The smallest absolute Gasteiger partial charge is 0.273 e. The van der Waals surface area contributed by atoms with E-state index in [1.807, 2.05) is 49.7 Å². The molecule has 4 atom stereocenters. The van der Waals surface area contributed by atoms with Crippen molar-refractivity contribution in [3.05, 3.63) is 30.0 Å². The molecular formula is C24H34N4O3. The number of hydrogen-bond donors (Lipinski definition) is 3. The number of carbonyl (C=O) groups is 2. The number of amides is 2. The number of rotatable bonds is 7. The number of hydrogen-bond acceptors (Lipinski definition) is 4. The van der Waals surface area contributed by atoms with E-state index in [2.05, 4.69) is 10.6 Å². The Kier molecular flexibility index (Phi) is 6.06. The first-order valence-corrected chi connectivity index (χ1v) is 11.4. The third kappa shape index (κ3) is 4.47. The molecule has 0 aliphatic heterocycles. The van der Waals surface area contributed by atoms with Crippen LogP contribution >= 0.6 is 0 Å². The zero-order valence-electron chi connectivity index (χ0n) is 18.7. The highest BCUT2D eigenvalue weighted by Gasteiger charge is 2.40. The summed E-state index contributed by atoms with van der Waals surface area (Å²) in [7, 11) is 0. The van der Waals surface area contributed by atoms with Gasteiger partial charge in [-0.15, -0.1) is 0 Å². The van der Waals surface area contributed by atoms with E-state index in [0.29, 0.717) is 11.6 Å². The summed E-state index contributed by atoms with van der Waals surface area (Å²) in [6, 6.07) is 7.09. The van der Waals surface area contributed by atoms with Crippen LogP contribution in [0.3, 0.4) is 0 Å². The van der Waals surface area contributed by atoms with Gasteiger partial charge in [-0.3, -0.25) is 14.3 Å². The van der Waals surface area contributed by atoms with Gasteiger partial charge in [0.2, 0.25) is 5.91 Å². The highest BCUT2D eigenvalue weighted by Crippen LogP contribution is 2.49. The Bertz CT molecular complexity index is 961. The van der Waals surface area contributed by atoms with E-state index in [4.69, 9.17) is 10.2 Å². The number of fused-ring (bicyclic) bond motifs is 3. The number of nitrogens with one attached hydrogen (secondary N) is 2. The summed E-state index contributed by atoms with van der Waals surface area (Å²) in [5.41, 5.74) is 0.840. The van der Waals surface area contributed by atoms with Crippen molar-refractivity contribution in [2.24, 2.45) is 23.2 Å². The van der Waals surface area contributed by atoms with Crippen LogP contribution in [0, 0.1) is 23.2 Å². The van der Waals surface area contributed by atoms with Gasteiger partial charge in [0.05, 0.1) is 12.1 Å². The van der Waals surface area contributed by atoms with Gasteiger partial charge in [-0.2, -0.15) is 5.10 Å². The molecule has 4 rings (SSSR count). The fraction of sp³-hybridized carbons (Fsp3) is 0.625. The van der Waals surface area contributed by atoms with Crippen molar-refractivity contribution in [3.63, 3.8) is 0 Å². The second kappa shape index (κ2) is 8.61. The molecule has 3 N–H and O–H groups in total. The van der Waals surface area contributed by atoms with Gasteiger partial charge >= 0.3 is 0 Å². The van der Waals surface area contributed by atoms with Gasteiger partial charge in [0, 0.05) is 18.5 Å². The van der Waals surface area contributed by atoms with Gasteiger partial charge in [-0.05, 0) is 48.5 Å². The van der Waals surface area contributed by atoms with Crippen molar-refractivity contribution >= 4 is 22.7 Å². The van der Waals surface area contributed by atoms with Gasteiger partial charge in [0.25, 0.3) is 5.91 Å². The molecule has 1 aromatic heterocycles. The Labute approximate surface area is 183 Å². The molecule has 2 amide bonds. The van der Waals surface area contributed by atoms with Crippen LogP contribution in [0.15, 0.2) is 24.3 Å². The summed E-state index contributed by atoms with van der Waals surface area (Å²) in [6.45, 7) is 6.57. The van der Waals surface area contributed by atoms with Crippen LogP contribution < -0.4 is 10.6 Å². The zero-order valence-corrected chi connectivity index (χ0v) is 18.7. The number of carbonyl (C=O) groups excluding carboxylic acids is 2. The lowest BCUT2D eigenvalue weighted by Crippen LogP contribution is -2.54. The molecule has 1 aromatic carbocycles. The minimum atomic E-state index is -0.735. The normalized spacial score (nSPS) is 23.8. The number of benzene rings is 1. The van der Waals surface area contributed by atoms with Crippen LogP contribution in [0.1, 0.15) is 56.9 Å². The third-order valence-electron chi connectivity index (χ3n) is 6.98. The predicted octanol–water partition coefficient (Wildman–Crippen LogP) is 2.73. The number of nitrogens with zero attached hydrogens (tertiary/aromatic N) is 2. The van der Waals surface area contributed by atoms with Gasteiger partial charge in [-0.1, -0.05) is 45.4 Å². The first kappa shape index (κ1) is 21.8. The minimum absolute atomic E-state index is 0.144. The molecule has 4 unspecified atom stereocenters. The van der Waals surface area contributed by atoms with Crippen LogP contribution in [0.25, 0.3) is 10.9 Å². The maximum absolute atomic E-state index is 13.3. The van der Waals surface area contributed by atoms with E-state index in [0.717, 1.165) is 29.3 Å². The quantitative estimate of drug-likeness (QED) is 0.634. The van der Waals surface area contributed by atoms with Crippen LogP contribution in [0.2, 0.25) is 0 Å². The maximum Gasteiger partial charge on any atom is 0.273 e. The third-order valence-corrected chi connectivity index (χ3v) is 6.98. The van der Waals surface area contributed by atoms with E-state index >= 15 is 0 Å². The Morgan fingerprint density at radius 2 is 2.00 bits per heavy atom. The van der Waals surface area contributed by atoms with Crippen LogP contribution in [0.5, 0.6) is 0 Å². The fourth-order valence-corrected chi connectivity index (χ4v) is 5.41. The molecule has 2 aromatic rings. The second-order valence-corrected chi connectivity index (χ2v) is 10.3. The number of aliphatic hydroxyl groups is 1. The largest absolute Gasteiger partial charge is 0.395 e. The summed E-state index contributed by atoms with van der Waals surface area (Å²) in [5, 5.41) is 20.1. The van der Waals surface area contributed by atoms with Gasteiger partial charge < -0.3 is 15.7 Å². The first-order valence-electron chi connectivity index (χ1n) is 11.4. The number of aliphatic hydroxyl groups excluding tert-OH is 1. The molecule has 2 aliphatic rings. The van der Waals surface area contributed by atoms with Crippen LogP contribution in [-0.4, -0.2) is 45.9 Å². The topological polar surface area (TPSA) is 96.2 Å². The van der Waals surface area contributed by atoms with Gasteiger partial charge in [-0.25, -0.2) is 0 Å². The fourth-order valence-electron chi connectivity index (χ4n) is 5.41. The monoisotopic (exact) mass is 426 g/mol. The Morgan fingerprint density at radius 1 is 1.23 bits per heavy atom. The number of aromatic nitrogens is 2. The van der Waals surface area contributed by atoms with Crippen molar-refractivity contribution in [1.82, 2.24) is 20.4 Å². The van der Waals surface area contributed by atoms with Crippen molar-refractivity contribution in [2.45, 2.75) is 59.0 Å². The van der Waals surface area contributed by atoms with Crippen LogP contribution in [-0.2, 0) is 11.3 Å². The summed E-state index contributed by atoms with van der Waals surface area (Å²) in [5.74, 6) is 1.63. The Hall–Kier alpha value is -2.41. The Balaban J connectivity index is 1.58. The van der Waals surface area contributed by atoms with Crippen molar-refractivity contribution in [2.75, 3.05) is 13.2 Å². The molecule has 0 spiro atoms. The predicted molar refractivity (Wildman–Crippen MR) is 119 cm³/mol.